The molecule has 10 aromatic carbocycles. The Balaban J connectivity index is 1.04. The molecule has 0 bridgehead atoms. The van der Waals surface area contributed by atoms with Crippen LogP contribution in [0.3, 0.4) is 0 Å². The summed E-state index contributed by atoms with van der Waals surface area (Å²) in [6.07, 6.45) is 0. The Morgan fingerprint density at radius 1 is 0.241 bits per heavy atom. The van der Waals surface area contributed by atoms with Gasteiger partial charge in [-0.05, 0) is 118 Å². The molecule has 4 heteroatoms. The first kappa shape index (κ1) is 32.4. The molecule has 12 aromatic rings. The van der Waals surface area contributed by atoms with Crippen LogP contribution in [0.2, 0.25) is 0 Å². The van der Waals surface area contributed by atoms with Gasteiger partial charge in [0, 0.05) is 55.4 Å². The molecule has 0 atom stereocenters. The van der Waals surface area contributed by atoms with Gasteiger partial charge in [-0.1, -0.05) is 115 Å². The highest BCUT2D eigenvalue weighted by molar-refractivity contribution is 6.20. The van der Waals surface area contributed by atoms with Crippen LogP contribution in [0.15, 0.2) is 215 Å². The van der Waals surface area contributed by atoms with E-state index in [2.05, 4.69) is 192 Å². The predicted octanol–water partition coefficient (Wildman–Crippen LogP) is 15.9. The van der Waals surface area contributed by atoms with Crippen LogP contribution in [0.5, 0.6) is 0 Å². The first-order valence-electron chi connectivity index (χ1n) is 19.7. The van der Waals surface area contributed by atoms with Crippen LogP contribution in [0.1, 0.15) is 0 Å². The Labute approximate surface area is 334 Å². The average molecular weight is 743 g/mol. The first-order chi connectivity index (χ1) is 28.7. The summed E-state index contributed by atoms with van der Waals surface area (Å²) in [5.74, 6) is 0. The SMILES string of the molecule is c1ccc(N(c2ccc3ccc4c5cccc(N(c6ccccc6)c6ccc7oc8ccccc8c7c6)c5ccc4c3c2)c2ccc3oc4ccccc4c3c2)cc1. The Morgan fingerprint density at radius 2 is 0.672 bits per heavy atom. The van der Waals surface area contributed by atoms with Gasteiger partial charge in [0.15, 0.2) is 0 Å². The van der Waals surface area contributed by atoms with E-state index in [9.17, 15) is 0 Å². The minimum atomic E-state index is 0.884. The van der Waals surface area contributed by atoms with Crippen molar-refractivity contribution in [3.63, 3.8) is 0 Å². The lowest BCUT2D eigenvalue weighted by Crippen LogP contribution is -2.10. The second kappa shape index (κ2) is 12.9. The van der Waals surface area contributed by atoms with Crippen molar-refractivity contribution in [3.05, 3.63) is 206 Å². The maximum Gasteiger partial charge on any atom is 0.135 e. The van der Waals surface area contributed by atoms with Crippen LogP contribution in [0.25, 0.3) is 76.2 Å². The van der Waals surface area contributed by atoms with E-state index in [0.29, 0.717) is 0 Å². The highest BCUT2D eigenvalue weighted by atomic mass is 16.3. The molecule has 0 aliphatic heterocycles. The van der Waals surface area contributed by atoms with Crippen LogP contribution < -0.4 is 9.80 Å². The third kappa shape index (κ3) is 5.09. The number of para-hydroxylation sites is 4. The molecule has 12 rings (SSSR count). The van der Waals surface area contributed by atoms with Crippen LogP contribution in [-0.4, -0.2) is 0 Å². The third-order valence-corrected chi connectivity index (χ3v) is 11.6. The van der Waals surface area contributed by atoms with Crippen molar-refractivity contribution in [2.24, 2.45) is 0 Å². The van der Waals surface area contributed by atoms with Gasteiger partial charge in [-0.2, -0.15) is 0 Å². The molecule has 0 aliphatic rings. The van der Waals surface area contributed by atoms with E-state index in [4.69, 9.17) is 8.83 Å². The van der Waals surface area contributed by atoms with E-state index in [1.54, 1.807) is 0 Å². The van der Waals surface area contributed by atoms with Gasteiger partial charge >= 0.3 is 0 Å². The molecule has 272 valence electrons. The molecule has 0 amide bonds. The van der Waals surface area contributed by atoms with Gasteiger partial charge in [0.05, 0.1) is 5.69 Å². The van der Waals surface area contributed by atoms with Crippen LogP contribution in [0, 0.1) is 0 Å². The van der Waals surface area contributed by atoms with Crippen molar-refractivity contribution in [2.45, 2.75) is 0 Å². The quantitative estimate of drug-likeness (QED) is 0.159. The lowest BCUT2D eigenvalue weighted by Gasteiger charge is -2.27. The van der Waals surface area contributed by atoms with Gasteiger partial charge in [-0.25, -0.2) is 0 Å². The van der Waals surface area contributed by atoms with Gasteiger partial charge in [0.2, 0.25) is 0 Å². The first-order valence-corrected chi connectivity index (χ1v) is 19.7. The van der Waals surface area contributed by atoms with Gasteiger partial charge in [0.25, 0.3) is 0 Å². The fourth-order valence-electron chi connectivity index (χ4n) is 8.94. The summed E-state index contributed by atoms with van der Waals surface area (Å²) in [7, 11) is 0. The number of anilines is 6. The molecule has 58 heavy (non-hydrogen) atoms. The molecular formula is C54H34N2O2. The Bertz CT molecular complexity index is 3530. The zero-order chi connectivity index (χ0) is 38.2. The minimum absolute atomic E-state index is 0.884. The molecule has 0 N–H and O–H groups in total. The molecule has 0 radical (unpaired) electrons. The monoisotopic (exact) mass is 742 g/mol. The maximum absolute atomic E-state index is 6.23. The van der Waals surface area contributed by atoms with Crippen molar-refractivity contribution in [2.75, 3.05) is 9.80 Å². The summed E-state index contributed by atoms with van der Waals surface area (Å²) in [6, 6.07) is 73.4. The second-order valence-corrected chi connectivity index (χ2v) is 14.9. The van der Waals surface area contributed by atoms with Crippen molar-refractivity contribution in [3.8, 4) is 0 Å². The maximum atomic E-state index is 6.23. The smallest absolute Gasteiger partial charge is 0.135 e. The number of benzene rings is 10. The average Bonchev–Trinajstić information content (AvgIpc) is 3.85. The van der Waals surface area contributed by atoms with Crippen molar-refractivity contribution >= 4 is 110 Å². The number of rotatable bonds is 6. The minimum Gasteiger partial charge on any atom is -0.456 e. The predicted molar refractivity (Wildman–Crippen MR) is 243 cm³/mol. The summed E-state index contributed by atoms with van der Waals surface area (Å²) in [5.41, 5.74) is 10.1. The van der Waals surface area contributed by atoms with Gasteiger partial charge in [-0.3, -0.25) is 0 Å². The molecule has 4 nitrogen and oxygen atoms in total. The summed E-state index contributed by atoms with van der Waals surface area (Å²) < 4.78 is 12.4. The zero-order valence-corrected chi connectivity index (χ0v) is 31.3. The Hall–Kier alpha value is -7.82. The molecule has 0 fully saturated rings. The molecular weight excluding hydrogens is 709 g/mol. The molecule has 0 saturated carbocycles. The lowest BCUT2D eigenvalue weighted by atomic mass is 9.95. The fraction of sp³-hybridized carbons (Fsp3) is 0. The standard InChI is InChI=1S/C54H34N2O2/c1-3-12-36(13-4-1)55(39-25-30-53-48(33-39)45-16-7-9-20-51(45)57-53)38-24-22-35-23-27-42-41-18-11-19-50(44(41)29-28-43(42)47(35)32-38)56(37-14-5-2-6-15-37)40-26-31-54-49(34-40)46-17-8-10-21-52(46)58-54/h1-34H. The van der Waals surface area contributed by atoms with E-state index in [0.717, 1.165) is 78.0 Å². The number of hydrogen-bond donors (Lipinski definition) is 0. The van der Waals surface area contributed by atoms with E-state index >= 15 is 0 Å². The summed E-state index contributed by atoms with van der Waals surface area (Å²) >= 11 is 0. The van der Waals surface area contributed by atoms with Crippen molar-refractivity contribution in [1.29, 1.82) is 0 Å². The largest absolute Gasteiger partial charge is 0.456 e. The second-order valence-electron chi connectivity index (χ2n) is 14.9. The topological polar surface area (TPSA) is 32.8 Å². The van der Waals surface area contributed by atoms with E-state index in [-0.39, 0.29) is 0 Å². The highest BCUT2D eigenvalue weighted by Gasteiger charge is 2.20. The van der Waals surface area contributed by atoms with Crippen LogP contribution in [0.4, 0.5) is 34.1 Å². The number of nitrogens with zero attached hydrogens (tertiary/aromatic N) is 2. The van der Waals surface area contributed by atoms with Crippen molar-refractivity contribution in [1.82, 2.24) is 0 Å². The Kier molecular flexibility index (Phi) is 7.20. The fourth-order valence-corrected chi connectivity index (χ4v) is 8.94. The molecule has 0 spiro atoms. The number of hydrogen-bond acceptors (Lipinski definition) is 4. The lowest BCUT2D eigenvalue weighted by molar-refractivity contribution is 0.668. The third-order valence-electron chi connectivity index (χ3n) is 11.6. The summed E-state index contributed by atoms with van der Waals surface area (Å²) in [4.78, 5) is 4.71. The molecule has 2 heterocycles. The van der Waals surface area contributed by atoms with Crippen LogP contribution >= 0.6 is 0 Å². The van der Waals surface area contributed by atoms with E-state index in [1.165, 1.54) is 32.3 Å². The van der Waals surface area contributed by atoms with Crippen molar-refractivity contribution < 1.29 is 8.83 Å². The molecule has 0 unspecified atom stereocenters. The summed E-state index contributed by atoms with van der Waals surface area (Å²) in [6.45, 7) is 0. The van der Waals surface area contributed by atoms with Gasteiger partial charge < -0.3 is 18.6 Å². The number of furan rings is 2. The zero-order valence-electron chi connectivity index (χ0n) is 31.3. The molecule has 2 aromatic heterocycles. The number of fused-ring (bicyclic) bond motifs is 11. The van der Waals surface area contributed by atoms with Crippen LogP contribution in [-0.2, 0) is 0 Å². The van der Waals surface area contributed by atoms with Gasteiger partial charge in [-0.15, -0.1) is 0 Å². The Morgan fingerprint density at radius 3 is 1.33 bits per heavy atom. The molecule has 0 saturated heterocycles. The van der Waals surface area contributed by atoms with Gasteiger partial charge in [0.1, 0.15) is 22.3 Å². The molecule has 0 aliphatic carbocycles. The highest BCUT2D eigenvalue weighted by Crippen LogP contribution is 2.45. The van der Waals surface area contributed by atoms with E-state index in [1.807, 2.05) is 24.3 Å². The normalized spacial score (nSPS) is 11.8. The summed E-state index contributed by atoms with van der Waals surface area (Å²) in [5, 5.41) is 11.6. The van der Waals surface area contributed by atoms with E-state index < -0.39 is 0 Å².